The molecule has 2 aromatic rings. The molecule has 2 saturated heterocycles. The smallest absolute Gasteiger partial charge is 0.394 e. The molecule has 168 valence electrons. The molecule has 0 saturated carbocycles. The van der Waals surface area contributed by atoms with Crippen molar-refractivity contribution >= 4 is 7.82 Å². The fraction of sp³-hybridized carbons (Fsp3) is 0.500. The summed E-state index contributed by atoms with van der Waals surface area (Å²) in [6, 6.07) is 7.18. The number of phosphoric ester groups is 1. The van der Waals surface area contributed by atoms with Crippen molar-refractivity contribution in [2.75, 3.05) is 13.2 Å². The number of hydrogen-bond donors (Lipinski definition) is 3. The number of aliphatic hydroxyl groups is 2. The van der Waals surface area contributed by atoms with Crippen LogP contribution in [0.5, 0.6) is 0 Å². The highest BCUT2D eigenvalue weighted by Gasteiger charge is 2.42. The van der Waals surface area contributed by atoms with Crippen LogP contribution in [0.3, 0.4) is 0 Å². The van der Waals surface area contributed by atoms with Gasteiger partial charge in [0.1, 0.15) is 18.3 Å². The molecule has 0 radical (unpaired) electrons. The van der Waals surface area contributed by atoms with Crippen LogP contribution in [0.25, 0.3) is 0 Å². The molecular formula is C20H25N2O8P. The van der Waals surface area contributed by atoms with E-state index in [2.05, 4.69) is 9.97 Å². The number of ether oxygens (including phenoxy) is 2. The molecule has 11 heteroatoms. The number of aromatic nitrogens is 2. The molecule has 1 unspecified atom stereocenters. The first-order valence-corrected chi connectivity index (χ1v) is 11.5. The number of rotatable bonds is 8. The molecule has 0 spiro atoms. The van der Waals surface area contributed by atoms with Crippen molar-refractivity contribution in [1.29, 1.82) is 0 Å². The largest absolute Gasteiger partial charge is 0.472 e. The summed E-state index contributed by atoms with van der Waals surface area (Å²) in [5.74, 6) is 0. The number of hydrogen-bond acceptors (Lipinski definition) is 9. The Hall–Kier alpha value is -1.75. The molecular weight excluding hydrogens is 427 g/mol. The Labute approximate surface area is 179 Å². The van der Waals surface area contributed by atoms with Gasteiger partial charge in [-0.25, -0.2) is 4.57 Å². The predicted molar refractivity (Wildman–Crippen MR) is 107 cm³/mol. The highest BCUT2D eigenvalue weighted by Crippen LogP contribution is 2.49. The van der Waals surface area contributed by atoms with Crippen molar-refractivity contribution in [2.24, 2.45) is 0 Å². The fourth-order valence-corrected chi connectivity index (χ4v) is 4.76. The van der Waals surface area contributed by atoms with E-state index in [-0.39, 0.29) is 25.7 Å². The highest BCUT2D eigenvalue weighted by atomic mass is 31.2. The highest BCUT2D eigenvalue weighted by molar-refractivity contribution is 7.47. The van der Waals surface area contributed by atoms with Crippen LogP contribution in [-0.4, -0.2) is 62.7 Å². The lowest BCUT2D eigenvalue weighted by molar-refractivity contribution is -0.0391. The van der Waals surface area contributed by atoms with E-state index in [0.717, 1.165) is 11.1 Å². The van der Waals surface area contributed by atoms with Gasteiger partial charge in [0.15, 0.2) is 0 Å². The van der Waals surface area contributed by atoms with Gasteiger partial charge < -0.3 is 24.6 Å². The van der Waals surface area contributed by atoms with Crippen LogP contribution in [0, 0.1) is 0 Å². The zero-order chi connectivity index (χ0) is 21.8. The van der Waals surface area contributed by atoms with Gasteiger partial charge in [-0.05, 0) is 23.3 Å². The van der Waals surface area contributed by atoms with E-state index in [1.54, 1.807) is 36.9 Å². The van der Waals surface area contributed by atoms with Gasteiger partial charge in [0.05, 0.1) is 31.5 Å². The van der Waals surface area contributed by atoms with Crippen molar-refractivity contribution in [3.63, 3.8) is 0 Å². The minimum Gasteiger partial charge on any atom is -0.394 e. The van der Waals surface area contributed by atoms with Crippen LogP contribution < -0.4 is 0 Å². The van der Waals surface area contributed by atoms with Crippen molar-refractivity contribution < 1.29 is 38.2 Å². The van der Waals surface area contributed by atoms with E-state index in [9.17, 15) is 19.7 Å². The summed E-state index contributed by atoms with van der Waals surface area (Å²) in [5.41, 5.74) is 1.59. The Morgan fingerprint density at radius 1 is 1.03 bits per heavy atom. The van der Waals surface area contributed by atoms with Gasteiger partial charge >= 0.3 is 7.82 Å². The Morgan fingerprint density at radius 3 is 2.23 bits per heavy atom. The minimum atomic E-state index is -4.49. The van der Waals surface area contributed by atoms with E-state index in [0.29, 0.717) is 6.42 Å². The first-order valence-electron chi connectivity index (χ1n) is 10.0. The zero-order valence-corrected chi connectivity index (χ0v) is 17.5. The first-order chi connectivity index (χ1) is 14.9. The molecule has 0 aromatic carbocycles. The third kappa shape index (κ3) is 5.54. The number of aliphatic hydroxyl groups excluding tert-OH is 2. The number of nitrogens with zero attached hydrogens (tertiary/aromatic N) is 2. The molecule has 4 rings (SSSR count). The molecule has 7 atom stereocenters. The van der Waals surface area contributed by atoms with Crippen LogP contribution in [0.1, 0.15) is 36.2 Å². The Morgan fingerprint density at radius 2 is 1.65 bits per heavy atom. The monoisotopic (exact) mass is 452 g/mol. The van der Waals surface area contributed by atoms with Gasteiger partial charge in [-0.3, -0.25) is 19.0 Å². The van der Waals surface area contributed by atoms with Crippen LogP contribution in [0.4, 0.5) is 0 Å². The molecule has 2 aromatic heterocycles. The van der Waals surface area contributed by atoms with E-state index in [1.807, 2.05) is 12.1 Å². The second kappa shape index (κ2) is 9.81. The Bertz CT molecular complexity index is 889. The maximum Gasteiger partial charge on any atom is 0.472 e. The molecule has 0 bridgehead atoms. The summed E-state index contributed by atoms with van der Waals surface area (Å²) in [5, 5.41) is 19.8. The summed E-state index contributed by atoms with van der Waals surface area (Å²) >= 11 is 0. The van der Waals surface area contributed by atoms with E-state index < -0.39 is 38.3 Å². The summed E-state index contributed by atoms with van der Waals surface area (Å²) in [7, 11) is -4.49. The SMILES string of the molecule is O=P(O)(OC[C@H]1O[C@@H](c2cccnc2)C[C@@H]1O)O[C@H]1C[C@H](c2cccnc2)O[C@@H]1CO. The zero-order valence-electron chi connectivity index (χ0n) is 16.6. The van der Waals surface area contributed by atoms with Crippen LogP contribution in [-0.2, 0) is 23.1 Å². The molecule has 3 N–H and O–H groups in total. The Balaban J connectivity index is 1.32. The molecule has 2 aliphatic rings. The summed E-state index contributed by atoms with van der Waals surface area (Å²) in [6.45, 7) is -0.701. The molecule has 2 fully saturated rings. The lowest BCUT2D eigenvalue weighted by Gasteiger charge is -2.22. The van der Waals surface area contributed by atoms with E-state index in [1.165, 1.54) is 0 Å². The normalized spacial score (nSPS) is 32.7. The Kier molecular flexibility index (Phi) is 7.10. The van der Waals surface area contributed by atoms with Gasteiger partial charge in [-0.15, -0.1) is 0 Å². The van der Waals surface area contributed by atoms with Crippen molar-refractivity contribution in [3.05, 3.63) is 60.2 Å². The second-order valence-corrected chi connectivity index (χ2v) is 8.93. The quantitative estimate of drug-likeness (QED) is 0.507. The number of phosphoric acid groups is 1. The van der Waals surface area contributed by atoms with Crippen LogP contribution in [0.15, 0.2) is 49.1 Å². The minimum absolute atomic E-state index is 0.260. The summed E-state index contributed by atoms with van der Waals surface area (Å²) in [6.07, 6.45) is 3.07. The van der Waals surface area contributed by atoms with Crippen molar-refractivity contribution in [2.45, 2.75) is 49.5 Å². The molecule has 4 heterocycles. The summed E-state index contributed by atoms with van der Waals surface area (Å²) in [4.78, 5) is 18.3. The van der Waals surface area contributed by atoms with E-state index in [4.69, 9.17) is 18.5 Å². The fourth-order valence-electron chi connectivity index (χ4n) is 3.80. The topological polar surface area (TPSA) is 140 Å². The number of pyridine rings is 2. The van der Waals surface area contributed by atoms with Crippen molar-refractivity contribution in [1.82, 2.24) is 9.97 Å². The predicted octanol–water partition coefficient (Wildman–Crippen LogP) is 1.69. The maximum absolute atomic E-state index is 12.5. The van der Waals surface area contributed by atoms with Gasteiger partial charge in [0.2, 0.25) is 0 Å². The maximum atomic E-state index is 12.5. The first kappa shape index (κ1) is 22.4. The van der Waals surface area contributed by atoms with Crippen molar-refractivity contribution in [3.8, 4) is 0 Å². The van der Waals surface area contributed by atoms with Crippen LogP contribution in [0.2, 0.25) is 0 Å². The molecule has 0 amide bonds. The van der Waals surface area contributed by atoms with Gasteiger partial charge in [0, 0.05) is 37.6 Å². The third-order valence-electron chi connectivity index (χ3n) is 5.39. The van der Waals surface area contributed by atoms with E-state index >= 15 is 0 Å². The van der Waals surface area contributed by atoms with Crippen LogP contribution >= 0.6 is 7.82 Å². The third-order valence-corrected chi connectivity index (χ3v) is 6.40. The molecule has 0 aliphatic carbocycles. The average molecular weight is 452 g/mol. The summed E-state index contributed by atoms with van der Waals surface area (Å²) < 4.78 is 34.4. The lowest BCUT2D eigenvalue weighted by atomic mass is 10.1. The molecule has 10 nitrogen and oxygen atoms in total. The van der Waals surface area contributed by atoms with Gasteiger partial charge in [-0.1, -0.05) is 12.1 Å². The van der Waals surface area contributed by atoms with Gasteiger partial charge in [0.25, 0.3) is 0 Å². The standard InChI is InChI=1S/C20H25N2O8P/c23-11-19-18(8-17(28-19)14-4-2-6-22-10-14)30-31(25,26)27-12-20-15(24)7-16(29-20)13-3-1-5-21-9-13/h1-6,9-10,15-20,23-24H,7-8,11-12H2,(H,25,26)/t15-,16+,17+,18-,19+,20+/m0/s1. The lowest BCUT2D eigenvalue weighted by Crippen LogP contribution is -2.29. The molecule has 2 aliphatic heterocycles. The van der Waals surface area contributed by atoms with Gasteiger partial charge in [-0.2, -0.15) is 0 Å². The average Bonchev–Trinajstić information content (AvgIpc) is 3.36. The second-order valence-electron chi connectivity index (χ2n) is 7.53. The molecule has 31 heavy (non-hydrogen) atoms.